The van der Waals surface area contributed by atoms with Crippen molar-refractivity contribution in [3.63, 3.8) is 0 Å². The van der Waals surface area contributed by atoms with Crippen molar-refractivity contribution in [1.29, 1.82) is 0 Å². The smallest absolute Gasteiger partial charge is 0.0534 e. The first-order valence-corrected chi connectivity index (χ1v) is 7.54. The Labute approximate surface area is 116 Å². The molecule has 0 aliphatic heterocycles. The SMILES string of the molecule is CN(Cc1cnn(C)c1)CC1(CS)CCCCC1. The van der Waals surface area contributed by atoms with E-state index in [1.165, 1.54) is 37.7 Å². The average molecular weight is 267 g/mol. The van der Waals surface area contributed by atoms with Gasteiger partial charge in [-0.25, -0.2) is 0 Å². The van der Waals surface area contributed by atoms with E-state index in [-0.39, 0.29) is 0 Å². The molecule has 0 atom stereocenters. The Morgan fingerprint density at radius 2 is 2.11 bits per heavy atom. The molecule has 0 amide bonds. The zero-order chi connectivity index (χ0) is 13.0. The number of hydrogen-bond donors (Lipinski definition) is 1. The van der Waals surface area contributed by atoms with Gasteiger partial charge in [-0.05, 0) is 31.1 Å². The molecule has 1 aliphatic rings. The highest BCUT2D eigenvalue weighted by Gasteiger charge is 2.31. The number of hydrogen-bond acceptors (Lipinski definition) is 3. The lowest BCUT2D eigenvalue weighted by atomic mass is 9.75. The molecule has 0 bridgehead atoms. The van der Waals surface area contributed by atoms with Gasteiger partial charge in [0, 0.05) is 31.9 Å². The maximum Gasteiger partial charge on any atom is 0.0534 e. The van der Waals surface area contributed by atoms with Gasteiger partial charge in [-0.15, -0.1) is 0 Å². The summed E-state index contributed by atoms with van der Waals surface area (Å²) in [7, 11) is 4.19. The quantitative estimate of drug-likeness (QED) is 0.828. The molecule has 0 N–H and O–H groups in total. The van der Waals surface area contributed by atoms with E-state index in [2.05, 4.69) is 35.9 Å². The molecule has 3 nitrogen and oxygen atoms in total. The number of rotatable bonds is 5. The molecular formula is C14H25N3S. The largest absolute Gasteiger partial charge is 0.301 e. The van der Waals surface area contributed by atoms with E-state index in [1.54, 1.807) is 0 Å². The predicted octanol–water partition coefficient (Wildman–Crippen LogP) is 2.73. The van der Waals surface area contributed by atoms with Crippen molar-refractivity contribution in [3.8, 4) is 0 Å². The first-order chi connectivity index (χ1) is 8.63. The van der Waals surface area contributed by atoms with E-state index in [0.29, 0.717) is 5.41 Å². The zero-order valence-corrected chi connectivity index (χ0v) is 12.5. The molecule has 1 saturated carbocycles. The van der Waals surface area contributed by atoms with Crippen LogP contribution in [0.3, 0.4) is 0 Å². The van der Waals surface area contributed by atoms with Gasteiger partial charge in [0.05, 0.1) is 6.20 Å². The molecule has 1 aromatic rings. The van der Waals surface area contributed by atoms with E-state index >= 15 is 0 Å². The van der Waals surface area contributed by atoms with Crippen LogP contribution in [-0.4, -0.2) is 34.0 Å². The fourth-order valence-electron chi connectivity index (χ4n) is 3.16. The Hall–Kier alpha value is -0.480. The summed E-state index contributed by atoms with van der Waals surface area (Å²) in [5.41, 5.74) is 1.74. The third-order valence-electron chi connectivity index (χ3n) is 4.07. The maximum atomic E-state index is 4.61. The molecule has 0 spiro atoms. The molecule has 18 heavy (non-hydrogen) atoms. The van der Waals surface area contributed by atoms with Gasteiger partial charge in [-0.2, -0.15) is 17.7 Å². The summed E-state index contributed by atoms with van der Waals surface area (Å²) in [6, 6.07) is 0. The normalized spacial score (nSPS) is 19.3. The van der Waals surface area contributed by atoms with Crippen LogP contribution >= 0.6 is 12.6 Å². The molecule has 0 saturated heterocycles. The van der Waals surface area contributed by atoms with Gasteiger partial charge in [0.15, 0.2) is 0 Å². The fourth-order valence-corrected chi connectivity index (χ4v) is 3.58. The van der Waals surface area contributed by atoms with Crippen LogP contribution in [0.15, 0.2) is 12.4 Å². The number of aromatic nitrogens is 2. The Bertz CT molecular complexity index is 369. The molecule has 0 radical (unpaired) electrons. The van der Waals surface area contributed by atoms with Gasteiger partial charge >= 0.3 is 0 Å². The van der Waals surface area contributed by atoms with Crippen LogP contribution in [0.25, 0.3) is 0 Å². The minimum Gasteiger partial charge on any atom is -0.301 e. The Balaban J connectivity index is 1.90. The monoisotopic (exact) mass is 267 g/mol. The molecule has 102 valence electrons. The molecule has 4 heteroatoms. The highest BCUT2D eigenvalue weighted by Crippen LogP contribution is 2.37. The Morgan fingerprint density at radius 1 is 1.39 bits per heavy atom. The summed E-state index contributed by atoms with van der Waals surface area (Å²) in [5.74, 6) is 1.02. The third-order valence-corrected chi connectivity index (χ3v) is 4.74. The summed E-state index contributed by atoms with van der Waals surface area (Å²) < 4.78 is 1.87. The molecule has 0 unspecified atom stereocenters. The van der Waals surface area contributed by atoms with Crippen molar-refractivity contribution in [1.82, 2.24) is 14.7 Å². The highest BCUT2D eigenvalue weighted by molar-refractivity contribution is 7.80. The van der Waals surface area contributed by atoms with Gasteiger partial charge in [0.25, 0.3) is 0 Å². The molecule has 1 fully saturated rings. The number of aryl methyl sites for hydroxylation is 1. The second-order valence-electron chi connectivity index (χ2n) is 5.91. The lowest BCUT2D eigenvalue weighted by molar-refractivity contribution is 0.140. The highest BCUT2D eigenvalue weighted by atomic mass is 32.1. The lowest BCUT2D eigenvalue weighted by Crippen LogP contribution is -2.38. The second kappa shape index (κ2) is 6.11. The predicted molar refractivity (Wildman–Crippen MR) is 78.9 cm³/mol. The minimum atomic E-state index is 0.443. The van der Waals surface area contributed by atoms with Crippen LogP contribution in [0, 0.1) is 5.41 Å². The molecule has 1 aliphatic carbocycles. The lowest BCUT2D eigenvalue weighted by Gasteiger charge is -2.39. The van der Waals surface area contributed by atoms with Crippen molar-refractivity contribution in [2.75, 3.05) is 19.3 Å². The van der Waals surface area contributed by atoms with Crippen LogP contribution in [0.2, 0.25) is 0 Å². The third kappa shape index (κ3) is 3.51. The van der Waals surface area contributed by atoms with E-state index in [0.717, 1.165) is 18.8 Å². The van der Waals surface area contributed by atoms with E-state index in [1.807, 2.05) is 17.9 Å². The van der Waals surface area contributed by atoms with Gasteiger partial charge in [0.2, 0.25) is 0 Å². The second-order valence-corrected chi connectivity index (χ2v) is 6.23. The molecular weight excluding hydrogens is 242 g/mol. The maximum absolute atomic E-state index is 4.61. The standard InChI is InChI=1S/C14H25N3S/c1-16(9-13-8-15-17(2)10-13)11-14(12-18)6-4-3-5-7-14/h8,10,18H,3-7,9,11-12H2,1-2H3. The first-order valence-electron chi connectivity index (χ1n) is 6.90. The van der Waals surface area contributed by atoms with E-state index in [9.17, 15) is 0 Å². The van der Waals surface area contributed by atoms with Gasteiger partial charge in [0.1, 0.15) is 0 Å². The fraction of sp³-hybridized carbons (Fsp3) is 0.786. The van der Waals surface area contributed by atoms with Crippen LogP contribution < -0.4 is 0 Å². The van der Waals surface area contributed by atoms with Gasteiger partial charge < -0.3 is 4.90 Å². The zero-order valence-electron chi connectivity index (χ0n) is 11.6. The van der Waals surface area contributed by atoms with Crippen LogP contribution in [0.1, 0.15) is 37.7 Å². The number of nitrogens with zero attached hydrogens (tertiary/aromatic N) is 3. The molecule has 1 heterocycles. The minimum absolute atomic E-state index is 0.443. The summed E-state index contributed by atoms with van der Waals surface area (Å²) in [5, 5.41) is 4.23. The summed E-state index contributed by atoms with van der Waals surface area (Å²) in [6.07, 6.45) is 10.9. The van der Waals surface area contributed by atoms with Crippen molar-refractivity contribution >= 4 is 12.6 Å². The summed E-state index contributed by atoms with van der Waals surface area (Å²) in [6.45, 7) is 2.15. The van der Waals surface area contributed by atoms with Crippen molar-refractivity contribution in [3.05, 3.63) is 18.0 Å². The van der Waals surface area contributed by atoms with Crippen molar-refractivity contribution in [2.45, 2.75) is 38.6 Å². The van der Waals surface area contributed by atoms with E-state index < -0.39 is 0 Å². The van der Waals surface area contributed by atoms with Gasteiger partial charge in [-0.3, -0.25) is 4.68 Å². The van der Waals surface area contributed by atoms with Crippen molar-refractivity contribution < 1.29 is 0 Å². The average Bonchev–Trinajstić information content (AvgIpc) is 2.75. The number of thiol groups is 1. The topological polar surface area (TPSA) is 21.1 Å². The molecule has 1 aromatic heterocycles. The van der Waals surface area contributed by atoms with Crippen molar-refractivity contribution in [2.24, 2.45) is 12.5 Å². The molecule has 2 rings (SSSR count). The summed E-state index contributed by atoms with van der Waals surface area (Å²) in [4.78, 5) is 2.43. The van der Waals surface area contributed by atoms with Gasteiger partial charge in [-0.1, -0.05) is 19.3 Å². The first kappa shape index (κ1) is 13.9. The Kier molecular flexibility index (Phi) is 4.73. The van der Waals surface area contributed by atoms with Crippen LogP contribution in [-0.2, 0) is 13.6 Å². The summed E-state index contributed by atoms with van der Waals surface area (Å²) >= 11 is 4.61. The van der Waals surface area contributed by atoms with Crippen LogP contribution in [0.5, 0.6) is 0 Å². The molecule has 0 aromatic carbocycles. The van der Waals surface area contributed by atoms with E-state index in [4.69, 9.17) is 0 Å². The Morgan fingerprint density at radius 3 is 2.67 bits per heavy atom. The van der Waals surface area contributed by atoms with Crippen LogP contribution in [0.4, 0.5) is 0 Å².